The molecule has 1 atom stereocenters. The second-order valence-electron chi connectivity index (χ2n) is 4.67. The van der Waals surface area contributed by atoms with E-state index in [2.05, 4.69) is 5.32 Å². The number of anilines is 1. The van der Waals surface area contributed by atoms with Gasteiger partial charge in [-0.15, -0.1) is 0 Å². The molecule has 0 radical (unpaired) electrons. The molecule has 0 saturated heterocycles. The van der Waals surface area contributed by atoms with Crippen LogP contribution in [0.15, 0.2) is 42.5 Å². The Balaban J connectivity index is 2.00. The standard InChI is InChI=1S/C16H12Cl2FNO3/c1-9(15(21)20-12-5-2-10(17)3-6-12)23-16(22)13-7-4-11(19)8-14(13)18/h2-9H,1H3,(H,20,21). The Morgan fingerprint density at radius 1 is 1.13 bits per heavy atom. The van der Waals surface area contributed by atoms with Gasteiger partial charge in [0.1, 0.15) is 5.82 Å². The summed E-state index contributed by atoms with van der Waals surface area (Å²) in [4.78, 5) is 24.0. The predicted octanol–water partition coefficient (Wildman–Crippen LogP) is 4.32. The van der Waals surface area contributed by atoms with Gasteiger partial charge in [0.05, 0.1) is 10.6 Å². The van der Waals surface area contributed by atoms with Crippen LogP contribution >= 0.6 is 23.2 Å². The van der Waals surface area contributed by atoms with Crippen LogP contribution in [0.2, 0.25) is 10.0 Å². The quantitative estimate of drug-likeness (QED) is 0.831. The van der Waals surface area contributed by atoms with E-state index in [1.165, 1.54) is 13.0 Å². The van der Waals surface area contributed by atoms with Crippen molar-refractivity contribution in [3.63, 3.8) is 0 Å². The molecule has 0 bridgehead atoms. The first-order chi connectivity index (χ1) is 10.9. The van der Waals surface area contributed by atoms with E-state index in [1.54, 1.807) is 24.3 Å². The fourth-order valence-electron chi connectivity index (χ4n) is 1.71. The number of ether oxygens (including phenoxy) is 1. The summed E-state index contributed by atoms with van der Waals surface area (Å²) >= 11 is 11.5. The molecule has 1 amide bonds. The third kappa shape index (κ3) is 4.68. The predicted molar refractivity (Wildman–Crippen MR) is 86.4 cm³/mol. The maximum Gasteiger partial charge on any atom is 0.340 e. The highest BCUT2D eigenvalue weighted by atomic mass is 35.5. The van der Waals surface area contributed by atoms with Gasteiger partial charge < -0.3 is 10.1 Å². The third-order valence-corrected chi connectivity index (χ3v) is 3.48. The zero-order valence-corrected chi connectivity index (χ0v) is 13.5. The first kappa shape index (κ1) is 17.2. The third-order valence-electron chi connectivity index (χ3n) is 2.92. The molecule has 0 heterocycles. The van der Waals surface area contributed by atoms with Crippen LogP contribution in [0.1, 0.15) is 17.3 Å². The average molecular weight is 356 g/mol. The number of carbonyl (C=O) groups excluding carboxylic acids is 2. The molecule has 0 saturated carbocycles. The number of hydrogen-bond donors (Lipinski definition) is 1. The number of hydrogen-bond acceptors (Lipinski definition) is 3. The lowest BCUT2D eigenvalue weighted by atomic mass is 10.2. The SMILES string of the molecule is CC(OC(=O)c1ccc(F)cc1Cl)C(=O)Nc1ccc(Cl)cc1. The van der Waals surface area contributed by atoms with Crippen molar-refractivity contribution in [2.75, 3.05) is 5.32 Å². The van der Waals surface area contributed by atoms with E-state index in [1.807, 2.05) is 0 Å². The molecule has 2 aromatic rings. The van der Waals surface area contributed by atoms with E-state index >= 15 is 0 Å². The van der Waals surface area contributed by atoms with Gasteiger partial charge in [-0.3, -0.25) is 4.79 Å². The molecule has 4 nitrogen and oxygen atoms in total. The Morgan fingerprint density at radius 3 is 2.39 bits per heavy atom. The number of carbonyl (C=O) groups is 2. The number of esters is 1. The van der Waals surface area contributed by atoms with Crippen LogP contribution in [0.3, 0.4) is 0 Å². The summed E-state index contributed by atoms with van der Waals surface area (Å²) in [5.74, 6) is -1.90. The molecule has 0 aliphatic carbocycles. The molecule has 2 aromatic carbocycles. The van der Waals surface area contributed by atoms with E-state index in [4.69, 9.17) is 27.9 Å². The molecule has 1 unspecified atom stereocenters. The molecule has 2 rings (SSSR count). The van der Waals surface area contributed by atoms with Gasteiger partial charge in [0.2, 0.25) is 0 Å². The van der Waals surface area contributed by atoms with Gasteiger partial charge in [-0.05, 0) is 49.4 Å². The molecule has 0 aliphatic heterocycles. The minimum absolute atomic E-state index is 0.0146. The molecule has 0 aromatic heterocycles. The van der Waals surface area contributed by atoms with Crippen molar-refractivity contribution in [1.82, 2.24) is 0 Å². The number of halogens is 3. The van der Waals surface area contributed by atoms with Crippen LogP contribution in [0.5, 0.6) is 0 Å². The minimum atomic E-state index is -1.06. The molecule has 7 heteroatoms. The van der Waals surface area contributed by atoms with Crippen molar-refractivity contribution in [3.8, 4) is 0 Å². The van der Waals surface area contributed by atoms with Crippen LogP contribution in [0.25, 0.3) is 0 Å². The zero-order chi connectivity index (χ0) is 17.0. The van der Waals surface area contributed by atoms with E-state index in [0.29, 0.717) is 10.7 Å². The Kier molecular flexibility index (Phi) is 5.58. The van der Waals surface area contributed by atoms with Gasteiger partial charge in [0, 0.05) is 10.7 Å². The Hall–Kier alpha value is -2.11. The summed E-state index contributed by atoms with van der Waals surface area (Å²) in [6, 6.07) is 9.75. The molecule has 1 N–H and O–H groups in total. The number of amides is 1. The van der Waals surface area contributed by atoms with Crippen LogP contribution < -0.4 is 5.32 Å². The molecule has 23 heavy (non-hydrogen) atoms. The normalized spacial score (nSPS) is 11.7. The molecule has 0 spiro atoms. The maximum atomic E-state index is 13.0. The van der Waals surface area contributed by atoms with Crippen molar-refractivity contribution in [2.45, 2.75) is 13.0 Å². The first-order valence-electron chi connectivity index (χ1n) is 6.59. The smallest absolute Gasteiger partial charge is 0.340 e. The molecular weight excluding hydrogens is 344 g/mol. The van der Waals surface area contributed by atoms with Gasteiger partial charge in [-0.2, -0.15) is 0 Å². The van der Waals surface area contributed by atoms with Crippen LogP contribution in [0, 0.1) is 5.82 Å². The highest BCUT2D eigenvalue weighted by Gasteiger charge is 2.20. The number of benzene rings is 2. The Bertz CT molecular complexity index is 735. The van der Waals surface area contributed by atoms with E-state index in [-0.39, 0.29) is 10.6 Å². The first-order valence-corrected chi connectivity index (χ1v) is 7.35. The Morgan fingerprint density at radius 2 is 1.78 bits per heavy atom. The summed E-state index contributed by atoms with van der Waals surface area (Å²) < 4.78 is 18.0. The zero-order valence-electron chi connectivity index (χ0n) is 12.0. The number of rotatable bonds is 4. The molecular formula is C16H12Cl2FNO3. The van der Waals surface area contributed by atoms with E-state index < -0.39 is 23.8 Å². The van der Waals surface area contributed by atoms with Gasteiger partial charge >= 0.3 is 5.97 Å². The largest absolute Gasteiger partial charge is 0.449 e. The topological polar surface area (TPSA) is 55.4 Å². The molecule has 0 aliphatic rings. The summed E-state index contributed by atoms with van der Waals surface area (Å²) in [5, 5.41) is 3.03. The van der Waals surface area contributed by atoms with Crippen LogP contribution in [-0.2, 0) is 9.53 Å². The lowest BCUT2D eigenvalue weighted by molar-refractivity contribution is -0.123. The summed E-state index contributed by atoms with van der Waals surface area (Å²) in [5.41, 5.74) is 0.501. The van der Waals surface area contributed by atoms with Crippen molar-refractivity contribution in [1.29, 1.82) is 0 Å². The van der Waals surface area contributed by atoms with Crippen molar-refractivity contribution < 1.29 is 18.7 Å². The van der Waals surface area contributed by atoms with Gasteiger partial charge in [-0.25, -0.2) is 9.18 Å². The second-order valence-corrected chi connectivity index (χ2v) is 5.51. The van der Waals surface area contributed by atoms with Gasteiger partial charge in [-0.1, -0.05) is 23.2 Å². The molecule has 0 fully saturated rings. The highest BCUT2D eigenvalue weighted by molar-refractivity contribution is 6.33. The lowest BCUT2D eigenvalue weighted by Crippen LogP contribution is -2.30. The molecule has 120 valence electrons. The number of nitrogens with one attached hydrogen (secondary N) is 1. The monoisotopic (exact) mass is 355 g/mol. The van der Waals surface area contributed by atoms with E-state index in [0.717, 1.165) is 12.1 Å². The summed E-state index contributed by atoms with van der Waals surface area (Å²) in [6.07, 6.45) is -1.06. The van der Waals surface area contributed by atoms with Crippen LogP contribution in [0.4, 0.5) is 10.1 Å². The van der Waals surface area contributed by atoms with Crippen molar-refractivity contribution in [3.05, 3.63) is 63.9 Å². The average Bonchev–Trinajstić information content (AvgIpc) is 2.49. The summed E-state index contributed by atoms with van der Waals surface area (Å²) in [7, 11) is 0. The Labute approximate surface area is 142 Å². The lowest BCUT2D eigenvalue weighted by Gasteiger charge is -2.14. The summed E-state index contributed by atoms with van der Waals surface area (Å²) in [6.45, 7) is 1.42. The maximum absolute atomic E-state index is 13.0. The van der Waals surface area contributed by atoms with E-state index in [9.17, 15) is 14.0 Å². The fraction of sp³-hybridized carbons (Fsp3) is 0.125. The van der Waals surface area contributed by atoms with Crippen molar-refractivity contribution in [2.24, 2.45) is 0 Å². The second kappa shape index (κ2) is 7.44. The van der Waals surface area contributed by atoms with Gasteiger partial charge in [0.15, 0.2) is 6.10 Å². The van der Waals surface area contributed by atoms with Crippen LogP contribution in [-0.4, -0.2) is 18.0 Å². The minimum Gasteiger partial charge on any atom is -0.449 e. The van der Waals surface area contributed by atoms with Gasteiger partial charge in [0.25, 0.3) is 5.91 Å². The highest BCUT2D eigenvalue weighted by Crippen LogP contribution is 2.19. The van der Waals surface area contributed by atoms with Crippen molar-refractivity contribution >= 4 is 40.8 Å². The fourth-order valence-corrected chi connectivity index (χ4v) is 2.08.